The number of nitrogens with two attached hydrogens (primary N) is 1. The SMILES string of the molecule is Cc1ccccc1N(C)S(=O)(=O)c1ccc(F)cc1N. The molecule has 0 aromatic heterocycles. The summed E-state index contributed by atoms with van der Waals surface area (Å²) in [6.07, 6.45) is 0. The largest absolute Gasteiger partial charge is 0.398 e. The lowest BCUT2D eigenvalue weighted by Crippen LogP contribution is -2.28. The van der Waals surface area contributed by atoms with Gasteiger partial charge in [0.15, 0.2) is 0 Å². The highest BCUT2D eigenvalue weighted by Gasteiger charge is 2.24. The average Bonchev–Trinajstić information content (AvgIpc) is 2.38. The number of nitrogens with zero attached hydrogens (tertiary/aromatic N) is 1. The van der Waals surface area contributed by atoms with Gasteiger partial charge in [-0.3, -0.25) is 4.31 Å². The molecule has 0 aliphatic heterocycles. The van der Waals surface area contributed by atoms with Crippen molar-refractivity contribution in [2.45, 2.75) is 11.8 Å². The van der Waals surface area contributed by atoms with Gasteiger partial charge >= 0.3 is 0 Å². The fourth-order valence-corrected chi connectivity index (χ4v) is 3.30. The zero-order valence-electron chi connectivity index (χ0n) is 11.2. The van der Waals surface area contributed by atoms with Crippen LogP contribution in [0.2, 0.25) is 0 Å². The third-order valence-electron chi connectivity index (χ3n) is 3.06. The third-order valence-corrected chi connectivity index (χ3v) is 4.91. The summed E-state index contributed by atoms with van der Waals surface area (Å²) in [5, 5.41) is 0. The molecule has 0 spiro atoms. The van der Waals surface area contributed by atoms with Gasteiger partial charge in [-0.1, -0.05) is 18.2 Å². The first kappa shape index (κ1) is 14.3. The summed E-state index contributed by atoms with van der Waals surface area (Å²) >= 11 is 0. The highest BCUT2D eigenvalue weighted by molar-refractivity contribution is 7.93. The van der Waals surface area contributed by atoms with Gasteiger partial charge in [0.2, 0.25) is 0 Å². The first-order valence-corrected chi connectivity index (χ1v) is 7.37. The molecule has 0 bridgehead atoms. The van der Waals surface area contributed by atoms with Crippen LogP contribution in [0.1, 0.15) is 5.56 Å². The number of benzene rings is 2. The van der Waals surface area contributed by atoms with Crippen molar-refractivity contribution in [1.82, 2.24) is 0 Å². The molecular formula is C14H15FN2O2S. The minimum atomic E-state index is -3.82. The number of hydrogen-bond donors (Lipinski definition) is 1. The molecule has 0 unspecified atom stereocenters. The number of rotatable bonds is 3. The molecule has 0 saturated heterocycles. The van der Waals surface area contributed by atoms with Gasteiger partial charge < -0.3 is 5.73 Å². The Kier molecular flexibility index (Phi) is 3.67. The molecule has 0 fully saturated rings. The van der Waals surface area contributed by atoms with Crippen molar-refractivity contribution < 1.29 is 12.8 Å². The Morgan fingerprint density at radius 2 is 1.80 bits per heavy atom. The van der Waals surface area contributed by atoms with Crippen LogP contribution in [-0.4, -0.2) is 15.5 Å². The smallest absolute Gasteiger partial charge is 0.266 e. The van der Waals surface area contributed by atoms with Gasteiger partial charge in [0.05, 0.1) is 11.4 Å². The van der Waals surface area contributed by atoms with Crippen molar-refractivity contribution >= 4 is 21.4 Å². The molecule has 2 aromatic rings. The Morgan fingerprint density at radius 1 is 1.15 bits per heavy atom. The van der Waals surface area contributed by atoms with Gasteiger partial charge in [-0.25, -0.2) is 12.8 Å². The van der Waals surface area contributed by atoms with E-state index >= 15 is 0 Å². The fraction of sp³-hybridized carbons (Fsp3) is 0.143. The van der Waals surface area contributed by atoms with Crippen molar-refractivity contribution in [2.75, 3.05) is 17.1 Å². The number of anilines is 2. The van der Waals surface area contributed by atoms with Gasteiger partial charge in [-0.05, 0) is 36.8 Å². The Balaban J connectivity index is 2.53. The lowest BCUT2D eigenvalue weighted by molar-refractivity contribution is 0.593. The molecule has 2 N–H and O–H groups in total. The first-order valence-electron chi connectivity index (χ1n) is 5.93. The van der Waals surface area contributed by atoms with E-state index in [1.54, 1.807) is 12.1 Å². The molecule has 2 aromatic carbocycles. The van der Waals surface area contributed by atoms with Crippen LogP contribution >= 0.6 is 0 Å². The van der Waals surface area contributed by atoms with Crippen LogP contribution in [0, 0.1) is 12.7 Å². The van der Waals surface area contributed by atoms with Gasteiger partial charge in [-0.15, -0.1) is 0 Å². The molecule has 6 heteroatoms. The van der Waals surface area contributed by atoms with Crippen LogP contribution < -0.4 is 10.0 Å². The Labute approximate surface area is 117 Å². The summed E-state index contributed by atoms with van der Waals surface area (Å²) in [5.74, 6) is -0.569. The molecule has 0 aliphatic rings. The monoisotopic (exact) mass is 294 g/mol. The lowest BCUT2D eigenvalue weighted by atomic mass is 10.2. The number of halogens is 1. The third kappa shape index (κ3) is 2.46. The molecule has 20 heavy (non-hydrogen) atoms. The Hall–Kier alpha value is -2.08. The molecule has 0 amide bonds. The molecule has 0 atom stereocenters. The van der Waals surface area contributed by atoms with E-state index in [4.69, 9.17) is 5.73 Å². The Morgan fingerprint density at radius 3 is 2.40 bits per heavy atom. The summed E-state index contributed by atoms with van der Waals surface area (Å²) in [4.78, 5) is -0.107. The molecule has 106 valence electrons. The summed E-state index contributed by atoms with van der Waals surface area (Å²) in [6, 6.07) is 10.3. The zero-order valence-corrected chi connectivity index (χ0v) is 12.0. The predicted molar refractivity (Wildman–Crippen MR) is 77.6 cm³/mol. The van der Waals surface area contributed by atoms with Crippen molar-refractivity contribution in [3.8, 4) is 0 Å². The minimum Gasteiger partial charge on any atom is -0.398 e. The van der Waals surface area contributed by atoms with Gasteiger partial charge in [0, 0.05) is 7.05 Å². The van der Waals surface area contributed by atoms with Crippen LogP contribution in [0.25, 0.3) is 0 Å². The summed E-state index contributed by atoms with van der Waals surface area (Å²) in [6.45, 7) is 1.81. The van der Waals surface area contributed by atoms with E-state index in [-0.39, 0.29) is 10.6 Å². The quantitative estimate of drug-likeness (QED) is 0.885. The number of nitrogen functional groups attached to an aromatic ring is 1. The molecule has 4 nitrogen and oxygen atoms in total. The van der Waals surface area contributed by atoms with Crippen molar-refractivity contribution in [3.05, 3.63) is 53.8 Å². The maximum absolute atomic E-state index is 13.0. The van der Waals surface area contributed by atoms with Gasteiger partial charge in [0.1, 0.15) is 10.7 Å². The van der Waals surface area contributed by atoms with E-state index in [1.165, 1.54) is 13.1 Å². The maximum Gasteiger partial charge on any atom is 0.266 e. The van der Waals surface area contributed by atoms with Crippen molar-refractivity contribution in [3.63, 3.8) is 0 Å². The second kappa shape index (κ2) is 5.13. The minimum absolute atomic E-state index is 0.106. The van der Waals surface area contributed by atoms with E-state index in [9.17, 15) is 12.8 Å². The normalized spacial score (nSPS) is 11.3. The number of para-hydroxylation sites is 1. The molecule has 0 radical (unpaired) electrons. The number of sulfonamides is 1. The molecule has 0 saturated carbocycles. The van der Waals surface area contributed by atoms with E-state index in [1.807, 2.05) is 19.1 Å². The number of hydrogen-bond acceptors (Lipinski definition) is 3. The van der Waals surface area contributed by atoms with Crippen LogP contribution in [0.15, 0.2) is 47.4 Å². The predicted octanol–water partition coefficient (Wildman–Crippen LogP) is 2.54. The highest BCUT2D eigenvalue weighted by Crippen LogP contribution is 2.28. The number of aryl methyl sites for hydroxylation is 1. The average molecular weight is 294 g/mol. The lowest BCUT2D eigenvalue weighted by Gasteiger charge is -2.22. The van der Waals surface area contributed by atoms with E-state index in [0.717, 1.165) is 22.0 Å². The van der Waals surface area contributed by atoms with Crippen LogP contribution in [0.3, 0.4) is 0 Å². The van der Waals surface area contributed by atoms with Crippen LogP contribution in [0.4, 0.5) is 15.8 Å². The first-order chi connectivity index (χ1) is 9.34. The zero-order chi connectivity index (χ0) is 14.9. The standard InChI is InChI=1S/C14H15FN2O2S/c1-10-5-3-4-6-13(10)17(2)20(18,19)14-8-7-11(15)9-12(14)16/h3-9H,16H2,1-2H3. The highest BCUT2D eigenvalue weighted by atomic mass is 32.2. The van der Waals surface area contributed by atoms with E-state index in [0.29, 0.717) is 5.69 Å². The maximum atomic E-state index is 13.0. The fourth-order valence-electron chi connectivity index (χ4n) is 1.95. The molecular weight excluding hydrogens is 279 g/mol. The summed E-state index contributed by atoms with van der Waals surface area (Å²) in [5.41, 5.74) is 6.88. The van der Waals surface area contributed by atoms with Crippen molar-refractivity contribution in [2.24, 2.45) is 0 Å². The van der Waals surface area contributed by atoms with Crippen LogP contribution in [-0.2, 0) is 10.0 Å². The van der Waals surface area contributed by atoms with Crippen LogP contribution in [0.5, 0.6) is 0 Å². The molecule has 2 rings (SSSR count). The second-order valence-corrected chi connectivity index (χ2v) is 6.38. The molecule has 0 aliphatic carbocycles. The second-order valence-electron chi connectivity index (χ2n) is 4.44. The van der Waals surface area contributed by atoms with Crippen molar-refractivity contribution in [1.29, 1.82) is 0 Å². The summed E-state index contributed by atoms with van der Waals surface area (Å²) < 4.78 is 39.3. The molecule has 0 heterocycles. The Bertz CT molecular complexity index is 745. The van der Waals surface area contributed by atoms with Gasteiger partial charge in [0.25, 0.3) is 10.0 Å². The van der Waals surface area contributed by atoms with E-state index < -0.39 is 15.8 Å². The topological polar surface area (TPSA) is 63.4 Å². The van der Waals surface area contributed by atoms with E-state index in [2.05, 4.69) is 0 Å². The van der Waals surface area contributed by atoms with Gasteiger partial charge in [-0.2, -0.15) is 0 Å². The summed E-state index contributed by atoms with van der Waals surface area (Å²) in [7, 11) is -2.38.